The number of ether oxygens (including phenoxy) is 1. The first-order valence-electron chi connectivity index (χ1n) is 5.64. The Kier molecular flexibility index (Phi) is 5.44. The van der Waals surface area contributed by atoms with Crippen LogP contribution in [-0.2, 0) is 9.53 Å². The molecule has 1 aromatic rings. The lowest BCUT2D eigenvalue weighted by atomic mass is 10.1. The third-order valence-electron chi connectivity index (χ3n) is 2.44. The number of rotatable bonds is 3. The largest absolute Gasteiger partial charge is 0.468 e. The van der Waals surface area contributed by atoms with Crippen LogP contribution in [-0.4, -0.2) is 42.6 Å². The fourth-order valence-corrected chi connectivity index (χ4v) is 1.54. The predicted molar refractivity (Wildman–Crippen MR) is 75.9 cm³/mol. The Bertz CT molecular complexity index is 502. The summed E-state index contributed by atoms with van der Waals surface area (Å²) in [6.07, 6.45) is 0. The molecular formula is C13H16N2O3S. The van der Waals surface area contributed by atoms with Crippen LogP contribution in [0.25, 0.3) is 0 Å². The Morgan fingerprint density at radius 3 is 2.68 bits per heavy atom. The van der Waals surface area contributed by atoms with Gasteiger partial charge < -0.3 is 9.64 Å². The third-order valence-corrected chi connectivity index (χ3v) is 2.86. The number of benzene rings is 1. The van der Waals surface area contributed by atoms with Crippen molar-refractivity contribution < 1.29 is 14.3 Å². The van der Waals surface area contributed by atoms with E-state index in [2.05, 4.69) is 10.1 Å². The van der Waals surface area contributed by atoms with Crippen LogP contribution in [0, 0.1) is 6.92 Å². The van der Waals surface area contributed by atoms with Crippen LogP contribution in [0.1, 0.15) is 15.9 Å². The molecule has 0 saturated heterocycles. The number of nitrogens with one attached hydrogen (secondary N) is 1. The molecule has 6 heteroatoms. The molecule has 1 N–H and O–H groups in total. The van der Waals surface area contributed by atoms with E-state index in [1.807, 2.05) is 13.0 Å². The minimum Gasteiger partial charge on any atom is -0.468 e. The number of hydrogen-bond acceptors (Lipinski definition) is 4. The van der Waals surface area contributed by atoms with Crippen LogP contribution in [0.3, 0.4) is 0 Å². The molecule has 0 saturated carbocycles. The lowest BCUT2D eigenvalue weighted by molar-refractivity contribution is -0.140. The smallest absolute Gasteiger partial charge is 0.325 e. The maximum atomic E-state index is 11.9. The molecule has 1 amide bonds. The minimum absolute atomic E-state index is 0.0105. The molecule has 0 fully saturated rings. The summed E-state index contributed by atoms with van der Waals surface area (Å²) in [4.78, 5) is 24.5. The molecule has 19 heavy (non-hydrogen) atoms. The summed E-state index contributed by atoms with van der Waals surface area (Å²) in [5.41, 5.74) is 1.51. The SMILES string of the molecule is COC(=O)CN(C)C(=S)NC(=O)c1cccc(C)c1. The van der Waals surface area contributed by atoms with E-state index in [-0.39, 0.29) is 17.6 Å². The first-order chi connectivity index (χ1) is 8.93. The van der Waals surface area contributed by atoms with Gasteiger partial charge in [-0.05, 0) is 31.3 Å². The molecule has 5 nitrogen and oxygen atoms in total. The Morgan fingerprint density at radius 2 is 2.11 bits per heavy atom. The lowest BCUT2D eigenvalue weighted by Gasteiger charge is -2.18. The van der Waals surface area contributed by atoms with Crippen molar-refractivity contribution in [1.29, 1.82) is 0 Å². The Hall–Kier alpha value is -1.95. The number of esters is 1. The van der Waals surface area contributed by atoms with E-state index >= 15 is 0 Å². The van der Waals surface area contributed by atoms with Crippen molar-refractivity contribution in [3.63, 3.8) is 0 Å². The van der Waals surface area contributed by atoms with Gasteiger partial charge in [-0.3, -0.25) is 14.9 Å². The maximum Gasteiger partial charge on any atom is 0.325 e. The number of amides is 1. The highest BCUT2D eigenvalue weighted by Crippen LogP contribution is 2.03. The third kappa shape index (κ3) is 4.67. The maximum absolute atomic E-state index is 11.9. The highest BCUT2D eigenvalue weighted by Gasteiger charge is 2.13. The summed E-state index contributed by atoms with van der Waals surface area (Å²) < 4.78 is 4.52. The number of thiocarbonyl (C=S) groups is 1. The van der Waals surface area contributed by atoms with Crippen molar-refractivity contribution in [2.75, 3.05) is 20.7 Å². The topological polar surface area (TPSA) is 58.6 Å². The first-order valence-corrected chi connectivity index (χ1v) is 6.04. The van der Waals surface area contributed by atoms with Gasteiger partial charge in [0.1, 0.15) is 6.54 Å². The normalized spacial score (nSPS) is 9.63. The Morgan fingerprint density at radius 1 is 1.42 bits per heavy atom. The van der Waals surface area contributed by atoms with E-state index in [9.17, 15) is 9.59 Å². The molecule has 0 atom stereocenters. The summed E-state index contributed by atoms with van der Waals surface area (Å²) in [6.45, 7) is 1.89. The zero-order valence-corrected chi connectivity index (χ0v) is 11.9. The van der Waals surface area contributed by atoms with Gasteiger partial charge in [-0.2, -0.15) is 0 Å². The van der Waals surface area contributed by atoms with Gasteiger partial charge in [-0.1, -0.05) is 17.7 Å². The second-order valence-corrected chi connectivity index (χ2v) is 4.45. The second kappa shape index (κ2) is 6.84. The van der Waals surface area contributed by atoms with Crippen LogP contribution in [0.2, 0.25) is 0 Å². The predicted octanol–water partition coefficient (Wildman–Crippen LogP) is 1.11. The fourth-order valence-electron chi connectivity index (χ4n) is 1.38. The highest BCUT2D eigenvalue weighted by atomic mass is 32.1. The molecule has 0 radical (unpaired) electrons. The summed E-state index contributed by atoms with van der Waals surface area (Å²) in [7, 11) is 2.90. The van der Waals surface area contributed by atoms with Crippen molar-refractivity contribution in [3.05, 3.63) is 35.4 Å². The van der Waals surface area contributed by atoms with Gasteiger partial charge in [-0.15, -0.1) is 0 Å². The molecule has 0 spiro atoms. The van der Waals surface area contributed by atoms with Crippen LogP contribution >= 0.6 is 12.2 Å². The quantitative estimate of drug-likeness (QED) is 0.664. The van der Waals surface area contributed by atoms with Crippen LogP contribution in [0.4, 0.5) is 0 Å². The molecule has 0 heterocycles. The van der Waals surface area contributed by atoms with Gasteiger partial charge in [0.05, 0.1) is 7.11 Å². The zero-order valence-electron chi connectivity index (χ0n) is 11.1. The minimum atomic E-state index is -0.422. The molecule has 0 aliphatic heterocycles. The molecule has 0 aliphatic rings. The average molecular weight is 280 g/mol. The zero-order chi connectivity index (χ0) is 14.4. The molecular weight excluding hydrogens is 264 g/mol. The number of aryl methyl sites for hydroxylation is 1. The lowest BCUT2D eigenvalue weighted by Crippen LogP contribution is -2.42. The van der Waals surface area contributed by atoms with Gasteiger partial charge in [0.25, 0.3) is 5.91 Å². The van der Waals surface area contributed by atoms with E-state index in [0.29, 0.717) is 5.56 Å². The Balaban J connectivity index is 2.61. The molecule has 0 aromatic heterocycles. The number of hydrogen-bond donors (Lipinski definition) is 1. The standard InChI is InChI=1S/C13H16N2O3S/c1-9-5-4-6-10(7-9)12(17)14-13(19)15(2)8-11(16)18-3/h4-7H,8H2,1-3H3,(H,14,17,19). The van der Waals surface area contributed by atoms with Crippen molar-refractivity contribution in [2.45, 2.75) is 6.92 Å². The van der Waals surface area contributed by atoms with Crippen molar-refractivity contribution in [2.24, 2.45) is 0 Å². The van der Waals surface area contributed by atoms with Crippen molar-refractivity contribution >= 4 is 29.2 Å². The molecule has 102 valence electrons. The van der Waals surface area contributed by atoms with Gasteiger partial charge in [-0.25, -0.2) is 0 Å². The fraction of sp³-hybridized carbons (Fsp3) is 0.308. The monoisotopic (exact) mass is 280 g/mol. The number of nitrogens with zero attached hydrogens (tertiary/aromatic N) is 1. The highest BCUT2D eigenvalue weighted by molar-refractivity contribution is 7.80. The van der Waals surface area contributed by atoms with E-state index in [4.69, 9.17) is 12.2 Å². The van der Waals surface area contributed by atoms with Crippen molar-refractivity contribution in [1.82, 2.24) is 10.2 Å². The second-order valence-electron chi connectivity index (χ2n) is 4.06. The van der Waals surface area contributed by atoms with E-state index in [0.717, 1.165) is 5.56 Å². The van der Waals surface area contributed by atoms with Gasteiger partial charge in [0.2, 0.25) is 0 Å². The van der Waals surface area contributed by atoms with Crippen LogP contribution in [0.15, 0.2) is 24.3 Å². The molecule has 1 aromatic carbocycles. The molecule has 1 rings (SSSR count). The summed E-state index contributed by atoms with van der Waals surface area (Å²) in [5.74, 6) is -0.722. The number of carbonyl (C=O) groups is 2. The van der Waals surface area contributed by atoms with Gasteiger partial charge >= 0.3 is 5.97 Å². The van der Waals surface area contributed by atoms with Crippen LogP contribution in [0.5, 0.6) is 0 Å². The molecule has 0 aliphatic carbocycles. The summed E-state index contributed by atoms with van der Waals surface area (Å²) >= 11 is 5.04. The van der Waals surface area contributed by atoms with E-state index in [1.54, 1.807) is 25.2 Å². The summed E-state index contributed by atoms with van der Waals surface area (Å²) in [6, 6.07) is 7.16. The average Bonchev–Trinajstić information content (AvgIpc) is 2.38. The number of carbonyl (C=O) groups excluding carboxylic acids is 2. The first kappa shape index (κ1) is 15.1. The van der Waals surface area contributed by atoms with Gasteiger partial charge in [0, 0.05) is 12.6 Å². The number of methoxy groups -OCH3 is 1. The molecule has 0 bridgehead atoms. The molecule has 0 unspecified atom stereocenters. The van der Waals surface area contributed by atoms with E-state index < -0.39 is 5.97 Å². The Labute approximate surface area is 117 Å². The van der Waals surface area contributed by atoms with Gasteiger partial charge in [0.15, 0.2) is 5.11 Å². The van der Waals surface area contributed by atoms with E-state index in [1.165, 1.54) is 12.0 Å². The number of likely N-dealkylation sites (N-methyl/N-ethyl adjacent to an activating group) is 1. The van der Waals surface area contributed by atoms with Crippen LogP contribution < -0.4 is 5.32 Å². The summed E-state index contributed by atoms with van der Waals surface area (Å²) in [5, 5.41) is 2.74. The van der Waals surface area contributed by atoms with Crippen molar-refractivity contribution in [3.8, 4) is 0 Å².